The highest BCUT2D eigenvalue weighted by Gasteiger charge is 2.43. The Morgan fingerprint density at radius 1 is 0.510 bits per heavy atom. The second-order valence-electron chi connectivity index (χ2n) is 28.4. The molecule has 4 heterocycles. The molecule has 100 heavy (non-hydrogen) atoms. The fourth-order valence-electron chi connectivity index (χ4n) is 13.3. The molecule has 10 aromatic carbocycles. The third-order valence-corrected chi connectivity index (χ3v) is 25.8. The number of hydrogen-bond donors (Lipinski definition) is 2. The van der Waals surface area contributed by atoms with Crippen LogP contribution in [0.4, 0.5) is 0 Å². The number of rotatable bonds is 17. The van der Waals surface area contributed by atoms with E-state index in [1.54, 1.807) is 20.4 Å². The summed E-state index contributed by atoms with van der Waals surface area (Å²) in [6.07, 6.45) is 4.58. The number of ether oxygens (including phenoxy) is 3. The first-order valence-corrected chi connectivity index (χ1v) is 41.0. The Hall–Kier alpha value is -7.81. The Bertz CT molecular complexity index is 4260. The largest absolute Gasteiger partial charge is 0.543 e. The Kier molecular flexibility index (Phi) is 25.6. The van der Waals surface area contributed by atoms with Crippen LogP contribution in [-0.2, 0) is 16.0 Å². The number of alkyl halides is 3. The average Bonchev–Trinajstić information content (AvgIpc) is 0.868. The molecule has 14 rings (SSSR count). The van der Waals surface area contributed by atoms with Gasteiger partial charge in [0.05, 0.1) is 25.7 Å². The lowest BCUT2D eigenvalue weighted by atomic mass is 9.72. The van der Waals surface area contributed by atoms with Gasteiger partial charge in [0, 0.05) is 84.4 Å². The summed E-state index contributed by atoms with van der Waals surface area (Å²) in [6.45, 7) is 22.2. The molecule has 5 atom stereocenters. The number of hydrogen-bond acceptors (Lipinski definition) is 7. The van der Waals surface area contributed by atoms with Crippen LogP contribution in [-0.4, -0.2) is 62.5 Å². The van der Waals surface area contributed by atoms with Crippen molar-refractivity contribution < 1.29 is 33.7 Å². The normalized spacial score (nSPS) is 15.9. The molecule has 8 nitrogen and oxygen atoms in total. The van der Waals surface area contributed by atoms with Crippen LogP contribution in [0.1, 0.15) is 96.1 Å². The summed E-state index contributed by atoms with van der Waals surface area (Å²) in [6, 6.07) is 83.7. The van der Waals surface area contributed by atoms with Gasteiger partial charge in [-0.2, -0.15) is 0 Å². The van der Waals surface area contributed by atoms with Gasteiger partial charge < -0.3 is 23.7 Å². The van der Waals surface area contributed by atoms with Gasteiger partial charge in [0.25, 0.3) is 13.8 Å². The first-order valence-electron chi connectivity index (χ1n) is 34.7. The van der Waals surface area contributed by atoms with Crippen LogP contribution >= 0.6 is 47.8 Å². The van der Waals surface area contributed by atoms with Crippen molar-refractivity contribution >= 4 is 67.0 Å². The zero-order valence-corrected chi connectivity index (χ0v) is 65.5. The summed E-state index contributed by atoms with van der Waals surface area (Å²) in [7, 11) is 1.35. The monoisotopic (exact) mass is 1540 g/mol. The first kappa shape index (κ1) is 74.9. The van der Waals surface area contributed by atoms with E-state index < -0.39 is 14.4 Å². The number of aliphatic hydroxyl groups is 1. The van der Waals surface area contributed by atoms with Crippen molar-refractivity contribution in [3.8, 4) is 89.8 Å². The minimum atomic E-state index is -2.01. The molecule has 12 heteroatoms. The van der Waals surface area contributed by atoms with Crippen molar-refractivity contribution in [1.29, 1.82) is 0 Å². The maximum Gasteiger partial charge on any atom is 0.265 e. The summed E-state index contributed by atoms with van der Waals surface area (Å²) >= 11 is 10.8. The lowest BCUT2D eigenvalue weighted by Gasteiger charge is -2.51. The number of benzene rings is 10. The lowest BCUT2D eigenvalue weighted by molar-refractivity contribution is -0.884. The smallest absolute Gasteiger partial charge is 0.265 e. The van der Waals surface area contributed by atoms with Crippen LogP contribution in [0.5, 0.6) is 23.0 Å². The quantitative estimate of drug-likeness (QED) is 0.0407. The van der Waals surface area contributed by atoms with E-state index >= 15 is 0 Å². The zero-order chi connectivity index (χ0) is 71.1. The van der Waals surface area contributed by atoms with Gasteiger partial charge in [0.15, 0.2) is 0 Å². The van der Waals surface area contributed by atoms with Gasteiger partial charge in [-0.3, -0.25) is 10.1 Å². The topological polar surface area (TPSA) is 84.5 Å². The SMILES string of the molecule is CC(C)(C)Oc1c(-c2ccccc2)cc(CBr)cc1-c1ccccc1.CC(C)(C)[Si](C)(C)Oc1c(-c2ccccc2)cc(CBr)cc1-c1ccccc1.CCC1CN2CCC1CC2[C@@H](O)c1cc[n+](O)c2ccc(OC)cc12.COc1c(-c2ccccc2)cc(CBr)cc1-c1ccccc1. The molecule has 11 aromatic rings. The van der Waals surface area contributed by atoms with Gasteiger partial charge in [0.1, 0.15) is 28.6 Å². The van der Waals surface area contributed by atoms with Crippen LogP contribution < -0.4 is 23.4 Å². The fourth-order valence-corrected chi connectivity index (χ4v) is 15.3. The van der Waals surface area contributed by atoms with Crippen molar-refractivity contribution in [1.82, 2.24) is 4.90 Å². The van der Waals surface area contributed by atoms with Crippen LogP contribution in [0.3, 0.4) is 0 Å². The van der Waals surface area contributed by atoms with Crippen LogP contribution in [0.15, 0.2) is 249 Å². The number of methoxy groups -OCH3 is 2. The molecule has 3 aliphatic heterocycles. The molecule has 0 aliphatic carbocycles. The van der Waals surface area contributed by atoms with Gasteiger partial charge in [-0.15, -0.1) is 0 Å². The van der Waals surface area contributed by atoms with Crippen LogP contribution in [0.2, 0.25) is 18.1 Å². The molecule has 2 bridgehead atoms. The lowest BCUT2D eigenvalue weighted by Crippen LogP contribution is -2.55. The number of aromatic nitrogens is 1. The van der Waals surface area contributed by atoms with Gasteiger partial charge in [0.2, 0.25) is 6.20 Å². The van der Waals surface area contributed by atoms with E-state index in [1.807, 2.05) is 48.5 Å². The second kappa shape index (κ2) is 34.2. The summed E-state index contributed by atoms with van der Waals surface area (Å²) < 4.78 is 25.6. The summed E-state index contributed by atoms with van der Waals surface area (Å²) in [4.78, 5) is 2.46. The number of nitrogens with zero attached hydrogens (tertiary/aromatic N) is 2. The maximum absolute atomic E-state index is 11.2. The van der Waals surface area contributed by atoms with Crippen LogP contribution in [0, 0.1) is 11.8 Å². The molecule has 3 aliphatic rings. The molecule has 4 unspecified atom stereocenters. The second-order valence-corrected chi connectivity index (χ2v) is 34.8. The van der Waals surface area contributed by atoms with Crippen LogP contribution in [0.25, 0.3) is 77.7 Å². The van der Waals surface area contributed by atoms with Crippen molar-refractivity contribution in [2.24, 2.45) is 11.8 Å². The van der Waals surface area contributed by atoms with E-state index in [9.17, 15) is 10.3 Å². The standard InChI is InChI=1S/C25H29BrOSi.C23H23BrO.C20H17BrO.C20H27N2O3/c1-25(2,3)28(4,5)27-24-22(20-12-8-6-9-13-20)16-19(18-26)17-23(24)21-14-10-7-11-15-21;1-23(2,3)25-22-20(18-10-6-4-7-11-18)14-17(16-24)15-21(22)19-12-8-5-9-13-19;1-22-20-18(16-8-4-2-5-9-16)12-15(14-21)13-19(20)17-10-6-3-7-11-17;1-3-13-12-21-8-6-14(13)10-19(21)20(23)16-7-9-22(24)18-5-4-15(25-2)11-17(16)18/h6-17H,18H2,1-5H3;4-15H,16H2,1-3H3;2-13H,14H2,1H3;4-5,7,9,11,13-14,19-20,23-24H,3,6,8,10,12H2,1-2H3/q;;;+1/t;;;13?,14?,19?,20-/m...0/s1. The third kappa shape index (κ3) is 18.3. The molecule has 2 N–H and O–H groups in total. The number of fused-ring (bicyclic) bond motifs is 4. The minimum absolute atomic E-state index is 0.128. The van der Waals surface area contributed by atoms with Gasteiger partial charge in [-0.1, -0.05) is 264 Å². The van der Waals surface area contributed by atoms with Crippen molar-refractivity contribution in [3.05, 3.63) is 271 Å². The number of halogens is 3. The molecule has 1 aromatic heterocycles. The predicted molar refractivity (Wildman–Crippen MR) is 429 cm³/mol. The van der Waals surface area contributed by atoms with Crippen molar-refractivity contribution in [2.75, 3.05) is 27.3 Å². The fraction of sp³-hybridized carbons (Fsp3) is 0.284. The van der Waals surface area contributed by atoms with E-state index in [4.69, 9.17) is 18.6 Å². The molecular weight excluding hydrogens is 1450 g/mol. The van der Waals surface area contributed by atoms with E-state index in [0.29, 0.717) is 5.52 Å². The van der Waals surface area contributed by atoms with E-state index in [2.05, 4.69) is 308 Å². The number of aliphatic hydroxyl groups excluding tert-OH is 1. The van der Waals surface area contributed by atoms with Crippen molar-refractivity contribution in [2.45, 2.75) is 120 Å². The molecule has 0 amide bonds. The third-order valence-electron chi connectivity index (χ3n) is 19.5. The first-order chi connectivity index (χ1) is 48.2. The van der Waals surface area contributed by atoms with Crippen molar-refractivity contribution in [3.63, 3.8) is 0 Å². The molecule has 3 saturated heterocycles. The zero-order valence-electron chi connectivity index (χ0n) is 59.7. The van der Waals surface area contributed by atoms with Gasteiger partial charge in [-0.05, 0) is 169 Å². The molecule has 518 valence electrons. The van der Waals surface area contributed by atoms with Gasteiger partial charge >= 0.3 is 0 Å². The molecule has 0 radical (unpaired) electrons. The Balaban J connectivity index is 0.000000144. The molecule has 3 fully saturated rings. The highest BCUT2D eigenvalue weighted by Crippen LogP contribution is 2.48. The Morgan fingerprint density at radius 3 is 1.21 bits per heavy atom. The summed E-state index contributed by atoms with van der Waals surface area (Å²) in [5, 5.41) is 24.7. The summed E-state index contributed by atoms with van der Waals surface area (Å²) in [5.74, 6) is 5.08. The Morgan fingerprint density at radius 2 is 0.890 bits per heavy atom. The number of piperidine rings is 3. The molecular formula is C88H96Br3N2O6Si+. The predicted octanol–water partition coefficient (Wildman–Crippen LogP) is 23.8. The van der Waals surface area contributed by atoms with E-state index in [0.717, 1.165) is 108 Å². The highest BCUT2D eigenvalue weighted by molar-refractivity contribution is 9.09. The molecule has 0 spiro atoms. The highest BCUT2D eigenvalue weighted by atomic mass is 79.9. The minimum Gasteiger partial charge on any atom is -0.543 e. The average molecular weight is 1550 g/mol. The van der Waals surface area contributed by atoms with Gasteiger partial charge in [-0.25, -0.2) is 0 Å². The van der Waals surface area contributed by atoms with E-state index in [1.165, 1.54) is 74.0 Å². The summed E-state index contributed by atoms with van der Waals surface area (Å²) in [5.41, 5.74) is 18.9. The molecule has 0 saturated carbocycles. The Labute approximate surface area is 620 Å². The maximum atomic E-state index is 11.2. The van der Waals surface area contributed by atoms with E-state index in [-0.39, 0.29) is 16.7 Å². The number of pyridine rings is 1.